The number of aryl methyl sites for hydroxylation is 1. The van der Waals surface area contributed by atoms with Crippen LogP contribution in [0.2, 0.25) is 0 Å². The monoisotopic (exact) mass is 600 g/mol. The summed E-state index contributed by atoms with van der Waals surface area (Å²) in [5.74, 6) is -3.81. The van der Waals surface area contributed by atoms with Gasteiger partial charge in [-0.05, 0) is 48.4 Å². The number of carboxylic acids is 2. The molecule has 11 nitrogen and oxygen atoms in total. The van der Waals surface area contributed by atoms with E-state index in [2.05, 4.69) is 10.0 Å². The van der Waals surface area contributed by atoms with Gasteiger partial charge in [-0.2, -0.15) is 0 Å². The number of sulfonamides is 1. The molecule has 0 heterocycles. The lowest BCUT2D eigenvalue weighted by atomic mass is 10.1. The van der Waals surface area contributed by atoms with Crippen LogP contribution in [-0.2, 0) is 31.9 Å². The lowest BCUT2D eigenvalue weighted by Crippen LogP contribution is -2.43. The van der Waals surface area contributed by atoms with E-state index >= 15 is 0 Å². The number of hydrogen-bond donors (Lipinski definition) is 5. The van der Waals surface area contributed by atoms with Crippen LogP contribution in [0.3, 0.4) is 0 Å². The number of thioether (sulfide) groups is 1. The molecule has 0 radical (unpaired) electrons. The molecule has 3 rings (SSSR count). The van der Waals surface area contributed by atoms with E-state index in [-0.39, 0.29) is 22.8 Å². The Hall–Kier alpha value is -4.20. The van der Waals surface area contributed by atoms with Crippen LogP contribution in [0, 0.1) is 6.92 Å². The average molecular weight is 601 g/mol. The maximum absolute atomic E-state index is 12.8. The van der Waals surface area contributed by atoms with Crippen molar-refractivity contribution in [2.24, 2.45) is 0 Å². The normalized spacial score (nSPS) is 11.9. The quantitative estimate of drug-likeness (QED) is 0.184. The van der Waals surface area contributed by atoms with Crippen LogP contribution in [0.1, 0.15) is 43.8 Å². The van der Waals surface area contributed by atoms with Crippen molar-refractivity contribution in [3.63, 3.8) is 0 Å². The van der Waals surface area contributed by atoms with Crippen molar-refractivity contribution in [1.29, 1.82) is 0 Å². The fourth-order valence-electron chi connectivity index (χ4n) is 3.72. The van der Waals surface area contributed by atoms with Crippen molar-refractivity contribution >= 4 is 45.4 Å². The molecule has 3 aromatic carbocycles. The number of nitrogens with one attached hydrogen (secondary N) is 2. The summed E-state index contributed by atoms with van der Waals surface area (Å²) in [6.07, 6.45) is -0.573. The second-order valence-corrected chi connectivity index (χ2v) is 11.8. The van der Waals surface area contributed by atoms with Crippen LogP contribution in [0.15, 0.2) is 71.6 Å². The zero-order chi connectivity index (χ0) is 30.2. The largest absolute Gasteiger partial charge is 0.507 e. The molecule has 0 saturated carbocycles. The summed E-state index contributed by atoms with van der Waals surface area (Å²) in [6, 6.07) is 15.2. The fraction of sp³-hybridized carbons (Fsp3) is 0.214. The molecular formula is C28H28N2O9S2. The molecule has 0 spiro atoms. The number of aromatic carboxylic acids is 1. The van der Waals surface area contributed by atoms with Crippen LogP contribution >= 0.6 is 11.8 Å². The second kappa shape index (κ2) is 13.9. The van der Waals surface area contributed by atoms with Crippen LogP contribution in [0.25, 0.3) is 0 Å². The van der Waals surface area contributed by atoms with E-state index in [4.69, 9.17) is 5.11 Å². The predicted molar refractivity (Wildman–Crippen MR) is 151 cm³/mol. The van der Waals surface area contributed by atoms with Crippen LogP contribution in [0.4, 0.5) is 0 Å². The molecule has 0 fully saturated rings. The number of benzene rings is 3. The highest BCUT2D eigenvalue weighted by Gasteiger charge is 2.24. The Morgan fingerprint density at radius 1 is 0.927 bits per heavy atom. The zero-order valence-electron chi connectivity index (χ0n) is 21.9. The van der Waals surface area contributed by atoms with E-state index in [1.807, 2.05) is 31.2 Å². The zero-order valence-corrected chi connectivity index (χ0v) is 23.5. The van der Waals surface area contributed by atoms with Crippen LogP contribution in [0.5, 0.6) is 5.75 Å². The van der Waals surface area contributed by atoms with Gasteiger partial charge in [0, 0.05) is 17.9 Å². The summed E-state index contributed by atoms with van der Waals surface area (Å²) in [4.78, 5) is 47.6. The van der Waals surface area contributed by atoms with E-state index in [1.165, 1.54) is 36.0 Å². The predicted octanol–water partition coefficient (Wildman–Crippen LogP) is 2.95. The number of amides is 1. The Balaban J connectivity index is 1.59. The number of phenols is 1. The standard InChI is InChI=1S/C28H28N2O9S2/c1-17-3-2-4-19(11-17)15-40-16-25(32)23(13-26(33)34)30-27(35)20-7-5-18(6-8-20)14-29-41(38,39)21-9-10-24(31)22(12-21)28(36)37/h2-12,23,29,31H,13-16H2,1H3,(H,30,35)(H,33,34)(H,36,37)/t23-/m0/s1. The third-order valence-corrected chi connectivity index (χ3v) is 8.28. The SMILES string of the molecule is Cc1cccc(CSCC(=O)[C@H](CC(=O)O)NC(=O)c2ccc(CNS(=O)(=O)c3ccc(O)c(C(=O)O)c3)cc2)c1. The first-order valence-corrected chi connectivity index (χ1v) is 14.8. The molecule has 5 N–H and O–H groups in total. The second-order valence-electron chi connectivity index (χ2n) is 9.08. The minimum absolute atomic E-state index is 0.0141. The molecule has 41 heavy (non-hydrogen) atoms. The van der Waals surface area contributed by atoms with Crippen molar-refractivity contribution in [3.05, 3.63) is 94.5 Å². The Morgan fingerprint density at radius 3 is 2.27 bits per heavy atom. The van der Waals surface area contributed by atoms with Gasteiger partial charge in [0.1, 0.15) is 11.3 Å². The maximum Gasteiger partial charge on any atom is 0.339 e. The van der Waals surface area contributed by atoms with E-state index in [9.17, 15) is 37.8 Å². The Bertz CT molecular complexity index is 1550. The van der Waals surface area contributed by atoms with Gasteiger partial charge in [0.2, 0.25) is 10.0 Å². The van der Waals surface area contributed by atoms with Gasteiger partial charge in [0.25, 0.3) is 5.91 Å². The number of carbonyl (C=O) groups is 4. The Labute approximate surface area is 240 Å². The molecule has 0 unspecified atom stereocenters. The minimum atomic E-state index is -4.12. The lowest BCUT2D eigenvalue weighted by Gasteiger charge is -2.16. The molecule has 1 amide bonds. The summed E-state index contributed by atoms with van der Waals surface area (Å²) >= 11 is 1.32. The molecule has 216 valence electrons. The van der Waals surface area contributed by atoms with Gasteiger partial charge in [-0.1, -0.05) is 42.0 Å². The van der Waals surface area contributed by atoms with Gasteiger partial charge < -0.3 is 20.6 Å². The van der Waals surface area contributed by atoms with Crippen molar-refractivity contribution in [3.8, 4) is 5.75 Å². The van der Waals surface area contributed by atoms with Gasteiger partial charge >= 0.3 is 11.9 Å². The molecular weight excluding hydrogens is 572 g/mol. The fourth-order valence-corrected chi connectivity index (χ4v) is 5.69. The van der Waals surface area contributed by atoms with Gasteiger partial charge in [-0.25, -0.2) is 17.9 Å². The van der Waals surface area contributed by atoms with Crippen molar-refractivity contribution in [1.82, 2.24) is 10.0 Å². The van der Waals surface area contributed by atoms with E-state index in [0.717, 1.165) is 29.3 Å². The molecule has 0 aliphatic heterocycles. The summed E-state index contributed by atoms with van der Waals surface area (Å²) in [5.41, 5.74) is 2.15. The molecule has 13 heteroatoms. The Morgan fingerprint density at radius 2 is 1.63 bits per heavy atom. The number of ketones is 1. The molecule has 0 aromatic heterocycles. The van der Waals surface area contributed by atoms with Crippen molar-refractivity contribution < 1.29 is 42.9 Å². The summed E-state index contributed by atoms with van der Waals surface area (Å²) in [7, 11) is -4.12. The van der Waals surface area contributed by atoms with Crippen molar-refractivity contribution in [2.75, 3.05) is 5.75 Å². The van der Waals surface area contributed by atoms with Crippen LogP contribution in [-0.4, -0.2) is 59.2 Å². The number of carboxylic acid groups (broad SMARTS) is 2. The highest BCUT2D eigenvalue weighted by atomic mass is 32.2. The first-order chi connectivity index (χ1) is 19.4. The third-order valence-electron chi connectivity index (χ3n) is 5.86. The van der Waals surface area contributed by atoms with E-state index < -0.39 is 57.4 Å². The van der Waals surface area contributed by atoms with Crippen LogP contribution < -0.4 is 10.0 Å². The lowest BCUT2D eigenvalue weighted by molar-refractivity contribution is -0.139. The summed E-state index contributed by atoms with van der Waals surface area (Å²) in [5, 5.41) is 30.4. The molecule has 3 aromatic rings. The molecule has 0 aliphatic carbocycles. The van der Waals surface area contributed by atoms with Crippen molar-refractivity contribution in [2.45, 2.75) is 36.6 Å². The number of hydrogen-bond acceptors (Lipinski definition) is 8. The average Bonchev–Trinajstić information content (AvgIpc) is 2.91. The van der Waals surface area contributed by atoms with Gasteiger partial charge in [0.15, 0.2) is 5.78 Å². The molecule has 0 aliphatic rings. The maximum atomic E-state index is 12.8. The number of carbonyl (C=O) groups excluding carboxylic acids is 2. The van der Waals surface area contributed by atoms with Gasteiger partial charge in [0.05, 0.1) is 23.1 Å². The number of aromatic hydroxyl groups is 1. The topological polar surface area (TPSA) is 187 Å². The van der Waals surface area contributed by atoms with Gasteiger partial charge in [-0.3, -0.25) is 14.4 Å². The van der Waals surface area contributed by atoms with E-state index in [0.29, 0.717) is 11.3 Å². The number of Topliss-reactive ketones (excluding diaryl/α,β-unsaturated/α-hetero) is 1. The van der Waals surface area contributed by atoms with Gasteiger partial charge in [-0.15, -0.1) is 11.8 Å². The summed E-state index contributed by atoms with van der Waals surface area (Å²) < 4.78 is 27.5. The molecule has 0 bridgehead atoms. The first kappa shape index (κ1) is 31.3. The number of aliphatic carboxylic acids is 1. The minimum Gasteiger partial charge on any atom is -0.507 e. The third kappa shape index (κ3) is 9.17. The van der Waals surface area contributed by atoms with E-state index in [1.54, 1.807) is 0 Å². The smallest absolute Gasteiger partial charge is 0.339 e. The highest BCUT2D eigenvalue weighted by Crippen LogP contribution is 2.21. The first-order valence-electron chi connectivity index (χ1n) is 12.2. The molecule has 0 saturated heterocycles. The number of rotatable bonds is 14. The molecule has 1 atom stereocenters. The highest BCUT2D eigenvalue weighted by molar-refractivity contribution is 7.99. The Kier molecular flexibility index (Phi) is 10.6. The summed E-state index contributed by atoms with van der Waals surface area (Å²) in [6.45, 7) is 1.77.